The van der Waals surface area contributed by atoms with Crippen molar-refractivity contribution in [3.8, 4) is 5.75 Å². The van der Waals surface area contributed by atoms with Crippen molar-refractivity contribution in [2.24, 2.45) is 0 Å². The molecule has 0 N–H and O–H groups in total. The van der Waals surface area contributed by atoms with Crippen LogP contribution in [0.15, 0.2) is 24.3 Å². The fraction of sp³-hybridized carbons (Fsp3) is 0.529. The van der Waals surface area contributed by atoms with Crippen molar-refractivity contribution in [1.82, 2.24) is 9.80 Å². The fourth-order valence-electron chi connectivity index (χ4n) is 3.18. The zero-order chi connectivity index (χ0) is 17.1. The van der Waals surface area contributed by atoms with E-state index in [9.17, 15) is 14.0 Å². The molecule has 2 atom stereocenters. The molecule has 7 heteroatoms. The van der Waals surface area contributed by atoms with Gasteiger partial charge in [-0.1, -0.05) is 0 Å². The lowest BCUT2D eigenvalue weighted by Gasteiger charge is -2.37. The van der Waals surface area contributed by atoms with E-state index in [0.717, 1.165) is 0 Å². The van der Waals surface area contributed by atoms with Crippen molar-refractivity contribution in [3.05, 3.63) is 30.1 Å². The molecule has 2 fully saturated rings. The molecule has 2 heterocycles. The summed E-state index contributed by atoms with van der Waals surface area (Å²) in [6.07, 6.45) is 1.36. The smallest absolute Gasteiger partial charge is 0.260 e. The molecular formula is C17H21FN2O4. The summed E-state index contributed by atoms with van der Waals surface area (Å²) in [6.45, 7) is 1.17. The molecule has 1 aromatic carbocycles. The Bertz CT molecular complexity index is 607. The largest absolute Gasteiger partial charge is 0.484 e. The minimum absolute atomic E-state index is 0.0158. The molecule has 2 saturated heterocycles. The molecule has 0 aliphatic carbocycles. The van der Waals surface area contributed by atoms with Crippen molar-refractivity contribution >= 4 is 11.8 Å². The molecule has 2 amide bonds. The van der Waals surface area contributed by atoms with Crippen LogP contribution in [0.4, 0.5) is 4.39 Å². The number of nitrogens with zero attached hydrogens (tertiary/aromatic N) is 2. The fourth-order valence-corrected chi connectivity index (χ4v) is 3.18. The van der Waals surface area contributed by atoms with E-state index < -0.39 is 0 Å². The summed E-state index contributed by atoms with van der Waals surface area (Å²) < 4.78 is 23.9. The number of amides is 2. The SMILES string of the molecule is CN1C(=O)CO[C@H]2CCN(C(=O)COc3ccc(F)cc3)CC[C@@H]21. The average Bonchev–Trinajstić information content (AvgIpc) is 2.80. The quantitative estimate of drug-likeness (QED) is 0.828. The van der Waals surface area contributed by atoms with Crippen LogP contribution in [0.2, 0.25) is 0 Å². The Balaban J connectivity index is 1.54. The van der Waals surface area contributed by atoms with Crippen LogP contribution in [-0.2, 0) is 14.3 Å². The highest BCUT2D eigenvalue weighted by Crippen LogP contribution is 2.23. The summed E-state index contributed by atoms with van der Waals surface area (Å²) in [7, 11) is 1.79. The van der Waals surface area contributed by atoms with Crippen molar-refractivity contribution in [3.63, 3.8) is 0 Å². The van der Waals surface area contributed by atoms with Gasteiger partial charge < -0.3 is 19.3 Å². The number of hydrogen-bond donors (Lipinski definition) is 0. The first-order chi connectivity index (χ1) is 11.5. The molecule has 2 aliphatic rings. The number of ether oxygens (including phenoxy) is 2. The van der Waals surface area contributed by atoms with Gasteiger partial charge in [0.15, 0.2) is 6.61 Å². The Morgan fingerprint density at radius 3 is 2.75 bits per heavy atom. The van der Waals surface area contributed by atoms with Gasteiger partial charge in [0.2, 0.25) is 5.91 Å². The predicted molar refractivity (Wildman–Crippen MR) is 84.0 cm³/mol. The molecule has 6 nitrogen and oxygen atoms in total. The number of fused-ring (bicyclic) bond motifs is 1. The van der Waals surface area contributed by atoms with Crippen molar-refractivity contribution in [2.75, 3.05) is 33.4 Å². The van der Waals surface area contributed by atoms with Crippen LogP contribution in [0, 0.1) is 5.82 Å². The number of carbonyl (C=O) groups excluding carboxylic acids is 2. The summed E-state index contributed by atoms with van der Waals surface area (Å²) in [4.78, 5) is 27.6. The molecule has 0 aromatic heterocycles. The lowest BCUT2D eigenvalue weighted by atomic mass is 10.0. The van der Waals surface area contributed by atoms with Crippen LogP contribution in [-0.4, -0.2) is 67.1 Å². The maximum absolute atomic E-state index is 12.9. The molecule has 2 aliphatic heterocycles. The zero-order valence-electron chi connectivity index (χ0n) is 13.6. The molecule has 24 heavy (non-hydrogen) atoms. The van der Waals surface area contributed by atoms with Crippen molar-refractivity contribution in [2.45, 2.75) is 25.0 Å². The number of hydrogen-bond acceptors (Lipinski definition) is 4. The summed E-state index contributed by atoms with van der Waals surface area (Å²) in [6, 6.07) is 5.59. The second-order valence-electron chi connectivity index (χ2n) is 6.12. The Morgan fingerprint density at radius 2 is 2.00 bits per heavy atom. The van der Waals surface area contributed by atoms with Gasteiger partial charge in [0.1, 0.15) is 18.2 Å². The lowest BCUT2D eigenvalue weighted by molar-refractivity contribution is -0.154. The summed E-state index contributed by atoms with van der Waals surface area (Å²) >= 11 is 0. The number of likely N-dealkylation sites (tertiary alicyclic amines) is 1. The molecular weight excluding hydrogens is 315 g/mol. The summed E-state index contributed by atoms with van der Waals surface area (Å²) in [5.74, 6) is -0.0213. The normalized spacial score (nSPS) is 24.3. The minimum atomic E-state index is -0.345. The Hall–Kier alpha value is -2.15. The van der Waals surface area contributed by atoms with Crippen LogP contribution >= 0.6 is 0 Å². The number of likely N-dealkylation sites (N-methyl/N-ethyl adjacent to an activating group) is 1. The molecule has 1 aromatic rings. The van der Waals surface area contributed by atoms with Crippen LogP contribution in [0.3, 0.4) is 0 Å². The summed E-state index contributed by atoms with van der Waals surface area (Å²) in [5, 5.41) is 0. The van der Waals surface area contributed by atoms with Crippen LogP contribution in [0.5, 0.6) is 5.75 Å². The standard InChI is InChI=1S/C17H21FN2O4/c1-19-14-6-8-20(9-7-15(14)24-10-16(19)21)17(22)11-23-13-4-2-12(18)3-5-13/h2-5,14-15H,6-11H2,1H3/t14-,15-/m0/s1. The average molecular weight is 336 g/mol. The summed E-state index contributed by atoms with van der Waals surface area (Å²) in [5.41, 5.74) is 0. The Labute approximate surface area is 140 Å². The predicted octanol–water partition coefficient (Wildman–Crippen LogP) is 1.05. The Kier molecular flexibility index (Phi) is 4.99. The van der Waals surface area contributed by atoms with Gasteiger partial charge in [-0.2, -0.15) is 0 Å². The van der Waals surface area contributed by atoms with E-state index in [0.29, 0.717) is 31.7 Å². The molecule has 0 bridgehead atoms. The van der Waals surface area contributed by atoms with Crippen LogP contribution < -0.4 is 4.74 Å². The second kappa shape index (κ2) is 7.17. The highest BCUT2D eigenvalue weighted by molar-refractivity contribution is 5.79. The van der Waals surface area contributed by atoms with E-state index in [4.69, 9.17) is 9.47 Å². The van der Waals surface area contributed by atoms with E-state index in [2.05, 4.69) is 0 Å². The number of morpholine rings is 1. The van der Waals surface area contributed by atoms with Gasteiger partial charge in [0.25, 0.3) is 5.91 Å². The van der Waals surface area contributed by atoms with Crippen molar-refractivity contribution in [1.29, 1.82) is 0 Å². The minimum Gasteiger partial charge on any atom is -0.484 e. The molecule has 0 unspecified atom stereocenters. The number of halogens is 1. The van der Waals surface area contributed by atoms with Crippen LogP contribution in [0.25, 0.3) is 0 Å². The maximum atomic E-state index is 12.9. The second-order valence-corrected chi connectivity index (χ2v) is 6.12. The first-order valence-corrected chi connectivity index (χ1v) is 8.08. The molecule has 3 rings (SSSR count). The molecule has 0 spiro atoms. The lowest BCUT2D eigenvalue weighted by Crippen LogP contribution is -2.52. The highest BCUT2D eigenvalue weighted by Gasteiger charge is 2.37. The third-order valence-corrected chi connectivity index (χ3v) is 4.65. The van der Waals surface area contributed by atoms with E-state index in [1.54, 1.807) is 16.8 Å². The van der Waals surface area contributed by atoms with Crippen LogP contribution in [0.1, 0.15) is 12.8 Å². The molecule has 0 radical (unpaired) electrons. The monoisotopic (exact) mass is 336 g/mol. The van der Waals surface area contributed by atoms with Gasteiger partial charge in [0.05, 0.1) is 12.1 Å². The third kappa shape index (κ3) is 3.67. The molecule has 130 valence electrons. The van der Waals surface area contributed by atoms with Gasteiger partial charge in [-0.05, 0) is 37.1 Å². The van der Waals surface area contributed by atoms with Gasteiger partial charge in [0, 0.05) is 20.1 Å². The zero-order valence-corrected chi connectivity index (χ0v) is 13.6. The van der Waals surface area contributed by atoms with E-state index in [1.165, 1.54) is 24.3 Å². The topological polar surface area (TPSA) is 59.1 Å². The highest BCUT2D eigenvalue weighted by atomic mass is 19.1. The van der Waals surface area contributed by atoms with E-state index in [-0.39, 0.29) is 43.0 Å². The number of benzene rings is 1. The van der Waals surface area contributed by atoms with E-state index >= 15 is 0 Å². The Morgan fingerprint density at radius 1 is 1.29 bits per heavy atom. The maximum Gasteiger partial charge on any atom is 0.260 e. The number of rotatable bonds is 3. The van der Waals surface area contributed by atoms with E-state index in [1.807, 2.05) is 0 Å². The first-order valence-electron chi connectivity index (χ1n) is 8.08. The van der Waals surface area contributed by atoms with Gasteiger partial charge in [-0.15, -0.1) is 0 Å². The van der Waals surface area contributed by atoms with Gasteiger partial charge >= 0.3 is 0 Å². The van der Waals surface area contributed by atoms with Crippen molar-refractivity contribution < 1.29 is 23.5 Å². The van der Waals surface area contributed by atoms with Gasteiger partial charge in [-0.3, -0.25) is 9.59 Å². The number of carbonyl (C=O) groups is 2. The van der Waals surface area contributed by atoms with Gasteiger partial charge in [-0.25, -0.2) is 4.39 Å². The third-order valence-electron chi connectivity index (χ3n) is 4.65. The molecule has 0 saturated carbocycles. The first kappa shape index (κ1) is 16.7.